The Morgan fingerprint density at radius 2 is 1.70 bits per heavy atom. The van der Waals surface area contributed by atoms with Crippen LogP contribution in [0.25, 0.3) is 0 Å². The summed E-state index contributed by atoms with van der Waals surface area (Å²) in [6.45, 7) is 5.89. The number of para-hydroxylation sites is 1. The van der Waals surface area contributed by atoms with Crippen molar-refractivity contribution in [3.63, 3.8) is 0 Å². The Bertz CT molecular complexity index is 510. The van der Waals surface area contributed by atoms with Crippen LogP contribution in [0.2, 0.25) is 0 Å². The number of nitrogens with one attached hydrogen (secondary N) is 1. The number of hydrogen-bond donors (Lipinski definition) is 1. The minimum atomic E-state index is 0.329. The Kier molecular flexibility index (Phi) is 5.63. The van der Waals surface area contributed by atoms with Crippen molar-refractivity contribution < 1.29 is 4.74 Å². The van der Waals surface area contributed by atoms with Gasteiger partial charge in [0.1, 0.15) is 5.75 Å². The van der Waals surface area contributed by atoms with Gasteiger partial charge in [-0.25, -0.2) is 0 Å². The van der Waals surface area contributed by atoms with Crippen LogP contribution in [-0.4, -0.2) is 6.61 Å². The molecule has 20 heavy (non-hydrogen) atoms. The second-order valence-corrected chi connectivity index (χ2v) is 4.97. The summed E-state index contributed by atoms with van der Waals surface area (Å²) >= 11 is 0. The first-order valence-corrected chi connectivity index (χ1v) is 7.30. The summed E-state index contributed by atoms with van der Waals surface area (Å²) in [6, 6.07) is 19.1. The zero-order valence-corrected chi connectivity index (χ0v) is 12.3. The average Bonchev–Trinajstić information content (AvgIpc) is 2.52. The highest BCUT2D eigenvalue weighted by Gasteiger charge is 2.07. The van der Waals surface area contributed by atoms with Gasteiger partial charge in [0, 0.05) is 18.2 Å². The minimum Gasteiger partial charge on any atom is -0.493 e. The quantitative estimate of drug-likeness (QED) is 0.808. The number of benzene rings is 2. The third-order valence-electron chi connectivity index (χ3n) is 3.33. The lowest BCUT2D eigenvalue weighted by Gasteiger charge is -2.16. The first-order valence-electron chi connectivity index (χ1n) is 7.30. The highest BCUT2D eigenvalue weighted by Crippen LogP contribution is 2.19. The highest BCUT2D eigenvalue weighted by atomic mass is 16.5. The summed E-state index contributed by atoms with van der Waals surface area (Å²) in [7, 11) is 0. The van der Waals surface area contributed by atoms with Gasteiger partial charge in [0.15, 0.2) is 0 Å². The fourth-order valence-electron chi connectivity index (χ4n) is 2.13. The molecule has 2 nitrogen and oxygen atoms in total. The van der Waals surface area contributed by atoms with E-state index in [1.807, 2.05) is 18.2 Å². The molecule has 1 N–H and O–H groups in total. The molecule has 2 aromatic carbocycles. The zero-order chi connectivity index (χ0) is 14.2. The Labute approximate surface area is 121 Å². The fraction of sp³-hybridized carbons (Fsp3) is 0.333. The number of ether oxygens (including phenoxy) is 1. The van der Waals surface area contributed by atoms with Crippen molar-refractivity contribution in [2.24, 2.45) is 0 Å². The van der Waals surface area contributed by atoms with Crippen molar-refractivity contribution in [2.75, 3.05) is 6.61 Å². The predicted molar refractivity (Wildman–Crippen MR) is 83.9 cm³/mol. The molecule has 1 atom stereocenters. The first kappa shape index (κ1) is 14.6. The maximum absolute atomic E-state index is 5.78. The van der Waals surface area contributed by atoms with Gasteiger partial charge in [0.05, 0.1) is 6.61 Å². The topological polar surface area (TPSA) is 21.3 Å². The molecule has 106 valence electrons. The van der Waals surface area contributed by atoms with Crippen LogP contribution in [0, 0.1) is 0 Å². The van der Waals surface area contributed by atoms with E-state index in [0.29, 0.717) is 6.04 Å². The molecule has 2 rings (SSSR count). The van der Waals surface area contributed by atoms with Gasteiger partial charge in [-0.15, -0.1) is 0 Å². The minimum absolute atomic E-state index is 0.329. The molecule has 0 amide bonds. The van der Waals surface area contributed by atoms with Gasteiger partial charge in [-0.2, -0.15) is 0 Å². The largest absolute Gasteiger partial charge is 0.493 e. The third-order valence-corrected chi connectivity index (χ3v) is 3.33. The predicted octanol–water partition coefficient (Wildman–Crippen LogP) is 4.33. The molecule has 2 heteroatoms. The van der Waals surface area contributed by atoms with Crippen molar-refractivity contribution in [2.45, 2.75) is 32.9 Å². The summed E-state index contributed by atoms with van der Waals surface area (Å²) in [5.74, 6) is 0.988. The van der Waals surface area contributed by atoms with Crippen LogP contribution in [0.4, 0.5) is 0 Å². The van der Waals surface area contributed by atoms with E-state index < -0.39 is 0 Å². The molecule has 0 saturated heterocycles. The Hall–Kier alpha value is -1.80. The molecule has 0 aliphatic carbocycles. The zero-order valence-electron chi connectivity index (χ0n) is 12.3. The molecule has 0 radical (unpaired) electrons. The molecule has 0 aliphatic rings. The summed E-state index contributed by atoms with van der Waals surface area (Å²) in [6.07, 6.45) is 1.03. The summed E-state index contributed by atoms with van der Waals surface area (Å²) in [4.78, 5) is 0. The third kappa shape index (κ3) is 4.10. The van der Waals surface area contributed by atoms with Crippen molar-refractivity contribution >= 4 is 0 Å². The second kappa shape index (κ2) is 7.71. The van der Waals surface area contributed by atoms with Gasteiger partial charge < -0.3 is 10.1 Å². The van der Waals surface area contributed by atoms with E-state index >= 15 is 0 Å². The Balaban J connectivity index is 1.96. The lowest BCUT2D eigenvalue weighted by atomic mass is 10.1. The van der Waals surface area contributed by atoms with E-state index in [2.05, 4.69) is 55.6 Å². The fourth-order valence-corrected chi connectivity index (χ4v) is 2.13. The van der Waals surface area contributed by atoms with Crippen LogP contribution in [0.1, 0.15) is 37.4 Å². The van der Waals surface area contributed by atoms with Crippen molar-refractivity contribution in [1.29, 1.82) is 0 Å². The van der Waals surface area contributed by atoms with E-state index in [1.165, 1.54) is 11.1 Å². The van der Waals surface area contributed by atoms with E-state index in [1.54, 1.807) is 0 Å². The molecule has 0 spiro atoms. The van der Waals surface area contributed by atoms with Crippen LogP contribution in [-0.2, 0) is 6.54 Å². The van der Waals surface area contributed by atoms with Gasteiger partial charge in [0.2, 0.25) is 0 Å². The summed E-state index contributed by atoms with van der Waals surface area (Å²) in [5, 5.41) is 3.55. The van der Waals surface area contributed by atoms with Crippen LogP contribution in [0.15, 0.2) is 54.6 Å². The lowest BCUT2D eigenvalue weighted by Crippen LogP contribution is -2.18. The van der Waals surface area contributed by atoms with Gasteiger partial charge >= 0.3 is 0 Å². The molecular weight excluding hydrogens is 246 g/mol. The molecule has 0 saturated carbocycles. The maximum Gasteiger partial charge on any atom is 0.123 e. The van der Waals surface area contributed by atoms with Gasteiger partial charge in [-0.05, 0) is 25.0 Å². The molecule has 0 bridgehead atoms. The Morgan fingerprint density at radius 1 is 1.00 bits per heavy atom. The SMILES string of the molecule is CCCOc1ccccc1CN[C@@H](C)c1ccccc1. The maximum atomic E-state index is 5.78. The second-order valence-electron chi connectivity index (χ2n) is 4.97. The molecule has 0 aromatic heterocycles. The van der Waals surface area contributed by atoms with E-state index in [0.717, 1.165) is 25.3 Å². The molecule has 2 aromatic rings. The average molecular weight is 269 g/mol. The number of rotatable bonds is 7. The Morgan fingerprint density at radius 3 is 2.45 bits per heavy atom. The first-order chi connectivity index (χ1) is 9.81. The van der Waals surface area contributed by atoms with Crippen LogP contribution in [0.3, 0.4) is 0 Å². The van der Waals surface area contributed by atoms with Crippen LogP contribution < -0.4 is 10.1 Å². The highest BCUT2D eigenvalue weighted by molar-refractivity contribution is 5.33. The smallest absolute Gasteiger partial charge is 0.123 e. The summed E-state index contributed by atoms with van der Waals surface area (Å²) in [5.41, 5.74) is 2.52. The standard InChI is InChI=1S/C18H23NO/c1-3-13-20-18-12-8-7-11-17(18)14-19-15(2)16-9-5-4-6-10-16/h4-12,15,19H,3,13-14H2,1-2H3/t15-/m0/s1. The molecule has 0 unspecified atom stereocenters. The monoisotopic (exact) mass is 269 g/mol. The van der Waals surface area contributed by atoms with Crippen molar-refractivity contribution in [3.05, 3.63) is 65.7 Å². The lowest BCUT2D eigenvalue weighted by molar-refractivity contribution is 0.313. The molecule has 0 fully saturated rings. The van der Waals surface area contributed by atoms with E-state index in [4.69, 9.17) is 4.74 Å². The molecule has 0 heterocycles. The van der Waals surface area contributed by atoms with Gasteiger partial charge in [-0.1, -0.05) is 55.5 Å². The van der Waals surface area contributed by atoms with E-state index in [9.17, 15) is 0 Å². The molecular formula is C18H23NO. The van der Waals surface area contributed by atoms with Gasteiger partial charge in [0.25, 0.3) is 0 Å². The normalized spacial score (nSPS) is 12.1. The number of hydrogen-bond acceptors (Lipinski definition) is 2. The van der Waals surface area contributed by atoms with Crippen LogP contribution in [0.5, 0.6) is 5.75 Å². The van der Waals surface area contributed by atoms with Crippen LogP contribution >= 0.6 is 0 Å². The van der Waals surface area contributed by atoms with E-state index in [-0.39, 0.29) is 0 Å². The van der Waals surface area contributed by atoms with Crippen molar-refractivity contribution in [1.82, 2.24) is 5.32 Å². The molecule has 0 aliphatic heterocycles. The van der Waals surface area contributed by atoms with Gasteiger partial charge in [-0.3, -0.25) is 0 Å². The van der Waals surface area contributed by atoms with Crippen molar-refractivity contribution in [3.8, 4) is 5.75 Å². The summed E-state index contributed by atoms with van der Waals surface area (Å²) < 4.78 is 5.78.